The van der Waals surface area contributed by atoms with E-state index in [1.807, 2.05) is 42.3 Å². The van der Waals surface area contributed by atoms with Gasteiger partial charge in [0.15, 0.2) is 5.71 Å². The highest BCUT2D eigenvalue weighted by molar-refractivity contribution is 7.15. The van der Waals surface area contributed by atoms with Gasteiger partial charge in [0.25, 0.3) is 5.91 Å². The summed E-state index contributed by atoms with van der Waals surface area (Å²) >= 11 is 1.16. The number of nitro groups is 1. The van der Waals surface area contributed by atoms with E-state index in [0.717, 1.165) is 38.6 Å². The van der Waals surface area contributed by atoms with Crippen molar-refractivity contribution in [1.82, 2.24) is 15.8 Å². The zero-order valence-corrected chi connectivity index (χ0v) is 19.5. The van der Waals surface area contributed by atoms with E-state index >= 15 is 0 Å². The lowest BCUT2D eigenvalue weighted by molar-refractivity contribution is -0.380. The second-order valence-corrected chi connectivity index (χ2v) is 9.58. The number of hydrazine groups is 1. The highest BCUT2D eigenvalue weighted by Crippen LogP contribution is 2.41. The number of aryl methyl sites for hydroxylation is 2. The van der Waals surface area contributed by atoms with E-state index < -0.39 is 6.17 Å². The Morgan fingerprint density at radius 2 is 1.94 bits per heavy atom. The molecule has 5 rings (SSSR count). The summed E-state index contributed by atoms with van der Waals surface area (Å²) in [5.74, 6) is -0.284. The van der Waals surface area contributed by atoms with Crippen LogP contribution in [-0.4, -0.2) is 27.7 Å². The molecule has 1 aromatic heterocycles. The fraction of sp³-hybridized carbons (Fsp3) is 0.250. The van der Waals surface area contributed by atoms with Gasteiger partial charge in [0, 0.05) is 17.0 Å². The first-order valence-electron chi connectivity index (χ1n) is 11.0. The molecule has 3 heterocycles. The van der Waals surface area contributed by atoms with E-state index in [9.17, 15) is 14.9 Å². The molecule has 2 aliphatic rings. The summed E-state index contributed by atoms with van der Waals surface area (Å²) in [4.78, 5) is 24.7. The third kappa shape index (κ3) is 4.18. The van der Waals surface area contributed by atoms with Crippen LogP contribution in [0.3, 0.4) is 0 Å². The Labute approximate surface area is 200 Å². The van der Waals surface area contributed by atoms with Crippen LogP contribution in [0.5, 0.6) is 0 Å². The van der Waals surface area contributed by atoms with Gasteiger partial charge < -0.3 is 0 Å². The van der Waals surface area contributed by atoms with E-state index in [4.69, 9.17) is 0 Å². The lowest BCUT2D eigenvalue weighted by Crippen LogP contribution is -2.55. The molecule has 2 saturated heterocycles. The molecule has 0 aliphatic carbocycles. The maximum Gasteiger partial charge on any atom is 0.324 e. The van der Waals surface area contributed by atoms with Gasteiger partial charge in [0.05, 0.1) is 16.7 Å². The molecule has 3 unspecified atom stereocenters. The molecule has 2 fully saturated rings. The number of rotatable bonds is 5. The smallest absolute Gasteiger partial charge is 0.287 e. The number of hydrogen-bond acceptors (Lipinski definition) is 8. The molecule has 3 N–H and O–H groups in total. The number of nitrogens with one attached hydrogen (secondary N) is 3. The van der Waals surface area contributed by atoms with Crippen LogP contribution in [0.4, 0.5) is 10.7 Å². The number of nitrogens with zero attached hydrogens (tertiary/aromatic N) is 3. The van der Waals surface area contributed by atoms with E-state index in [2.05, 4.69) is 46.4 Å². The van der Waals surface area contributed by atoms with Crippen molar-refractivity contribution in [2.45, 2.75) is 38.5 Å². The number of anilines is 1. The van der Waals surface area contributed by atoms with Gasteiger partial charge in [-0.25, -0.2) is 0 Å². The van der Waals surface area contributed by atoms with Crippen LogP contribution in [0, 0.1) is 24.0 Å². The minimum Gasteiger partial charge on any atom is -0.287 e. The summed E-state index contributed by atoms with van der Waals surface area (Å²) < 4.78 is 0. The Kier molecular flexibility index (Phi) is 5.86. The Balaban J connectivity index is 1.52. The average molecular weight is 477 g/mol. The van der Waals surface area contributed by atoms with Crippen LogP contribution in [0.2, 0.25) is 0 Å². The lowest BCUT2D eigenvalue weighted by atomic mass is 9.91. The molecule has 174 valence electrons. The van der Waals surface area contributed by atoms with Crippen molar-refractivity contribution in [2.75, 3.05) is 5.43 Å². The first-order chi connectivity index (χ1) is 16.4. The number of fused-ring (bicyclic) bond motifs is 1. The Bertz CT molecular complexity index is 1270. The normalized spacial score (nSPS) is 23.5. The number of carbonyl (C=O) groups is 1. The van der Waals surface area contributed by atoms with Crippen LogP contribution >= 0.6 is 11.3 Å². The third-order valence-electron chi connectivity index (χ3n) is 6.15. The molecular weight excluding hydrogens is 452 g/mol. The molecular formula is C24H24N6O3S. The predicted octanol–water partition coefficient (Wildman–Crippen LogP) is 4.19. The minimum atomic E-state index is -0.505. The van der Waals surface area contributed by atoms with Crippen molar-refractivity contribution < 1.29 is 9.72 Å². The predicted molar refractivity (Wildman–Crippen MR) is 131 cm³/mol. The van der Waals surface area contributed by atoms with Crippen LogP contribution in [0.15, 0.2) is 65.8 Å². The van der Waals surface area contributed by atoms with E-state index in [1.54, 1.807) is 6.07 Å². The van der Waals surface area contributed by atoms with Crippen LogP contribution in [-0.2, 0) is 4.79 Å². The number of hydrazone groups is 1. The summed E-state index contributed by atoms with van der Waals surface area (Å²) in [6.07, 6.45) is 0.131. The van der Waals surface area contributed by atoms with Gasteiger partial charge in [0.1, 0.15) is 6.17 Å². The molecule has 3 atom stereocenters. The van der Waals surface area contributed by atoms with Crippen molar-refractivity contribution >= 4 is 33.6 Å². The first-order valence-corrected chi connectivity index (χ1v) is 11.8. The van der Waals surface area contributed by atoms with Crippen molar-refractivity contribution in [3.05, 3.63) is 92.3 Å². The zero-order valence-electron chi connectivity index (χ0n) is 18.7. The molecule has 3 aromatic rings. The second kappa shape index (κ2) is 8.98. The molecule has 2 aromatic carbocycles. The maximum absolute atomic E-state index is 13.0. The Hall–Kier alpha value is -3.60. The van der Waals surface area contributed by atoms with Gasteiger partial charge >= 0.3 is 5.00 Å². The topological polar surface area (TPSA) is 112 Å². The molecule has 0 spiro atoms. The summed E-state index contributed by atoms with van der Waals surface area (Å²) in [6, 6.07) is 18.7. The first kappa shape index (κ1) is 22.2. The number of hydrogen-bond donors (Lipinski definition) is 3. The number of benzene rings is 2. The largest absolute Gasteiger partial charge is 0.324 e. The zero-order chi connectivity index (χ0) is 23.8. The second-order valence-electron chi connectivity index (χ2n) is 8.49. The molecule has 10 heteroatoms. The molecule has 34 heavy (non-hydrogen) atoms. The van der Waals surface area contributed by atoms with Crippen molar-refractivity contribution in [3.8, 4) is 0 Å². The van der Waals surface area contributed by atoms with E-state index in [-0.39, 0.29) is 27.9 Å². The van der Waals surface area contributed by atoms with E-state index in [1.165, 1.54) is 6.07 Å². The lowest BCUT2D eigenvalue weighted by Gasteiger charge is -2.41. The van der Waals surface area contributed by atoms with Crippen molar-refractivity contribution in [1.29, 1.82) is 0 Å². The highest BCUT2D eigenvalue weighted by Gasteiger charge is 2.47. The average Bonchev–Trinajstić information content (AvgIpc) is 3.43. The minimum absolute atomic E-state index is 0.0996. The maximum atomic E-state index is 13.0. The summed E-state index contributed by atoms with van der Waals surface area (Å²) in [7, 11) is 0. The number of para-hydroxylation sites is 1. The molecule has 2 aliphatic heterocycles. The molecule has 9 nitrogen and oxygen atoms in total. The van der Waals surface area contributed by atoms with Gasteiger partial charge in [0.2, 0.25) is 0 Å². The third-order valence-corrected chi connectivity index (χ3v) is 7.30. The number of carbonyl (C=O) groups excluding carboxylic acids is 1. The monoisotopic (exact) mass is 476 g/mol. The number of amides is 1. The Morgan fingerprint density at radius 3 is 2.65 bits per heavy atom. The Morgan fingerprint density at radius 1 is 1.15 bits per heavy atom. The van der Waals surface area contributed by atoms with Gasteiger partial charge in [-0.3, -0.25) is 31.1 Å². The highest BCUT2D eigenvalue weighted by atomic mass is 32.1. The van der Waals surface area contributed by atoms with Gasteiger partial charge in [-0.15, -0.1) is 0 Å². The fourth-order valence-electron chi connectivity index (χ4n) is 4.56. The van der Waals surface area contributed by atoms with Gasteiger partial charge in [-0.1, -0.05) is 53.3 Å². The van der Waals surface area contributed by atoms with Gasteiger partial charge in [-0.05, 0) is 49.6 Å². The molecule has 0 saturated carbocycles. The summed E-state index contributed by atoms with van der Waals surface area (Å²) in [5.41, 5.74) is 10.4. The summed E-state index contributed by atoms with van der Waals surface area (Å²) in [5, 5.41) is 21.2. The SMILES string of the molecule is Cc1ccc(C2CC(c3ccc([N+](=O)[O-])s3)NC3C(=NNc4ccccc4)C(=O)NN32)c(C)c1. The molecule has 1 amide bonds. The molecule has 0 radical (unpaired) electrons. The van der Waals surface area contributed by atoms with Gasteiger partial charge in [-0.2, -0.15) is 10.1 Å². The van der Waals surface area contributed by atoms with Crippen molar-refractivity contribution in [2.24, 2.45) is 5.10 Å². The summed E-state index contributed by atoms with van der Waals surface area (Å²) in [6.45, 7) is 4.11. The number of thiophene rings is 1. The molecule has 0 bridgehead atoms. The van der Waals surface area contributed by atoms with Crippen LogP contribution in [0.1, 0.15) is 40.1 Å². The fourth-order valence-corrected chi connectivity index (χ4v) is 5.45. The van der Waals surface area contributed by atoms with Crippen LogP contribution in [0.25, 0.3) is 0 Å². The van der Waals surface area contributed by atoms with Crippen molar-refractivity contribution in [3.63, 3.8) is 0 Å². The van der Waals surface area contributed by atoms with Crippen LogP contribution < -0.4 is 16.2 Å². The van der Waals surface area contributed by atoms with E-state index in [0.29, 0.717) is 12.1 Å². The standard InChI is InChI=1S/C24H24N6O3S/c1-14-8-9-17(15(2)12-14)19-13-18(20-10-11-21(34-20)30(32)33)25-23-22(24(31)28-29(19)23)27-26-16-6-4-3-5-7-16/h3-12,18-19,23,25-26H,13H2,1-2H3,(H,28,31). The quantitative estimate of drug-likeness (QED) is 0.376.